The molecule has 3 heteroatoms. The number of anilines is 1. The van der Waals surface area contributed by atoms with Crippen LogP contribution in [0.1, 0.15) is 43.0 Å². The number of nitrogens with one attached hydrogen (secondary N) is 1. The van der Waals surface area contributed by atoms with E-state index in [0.717, 1.165) is 30.6 Å². The molecule has 1 aliphatic rings. The van der Waals surface area contributed by atoms with E-state index in [1.165, 1.54) is 17.7 Å². The Kier molecular flexibility index (Phi) is 5.54. The number of nitrogens with zero attached hydrogens (tertiary/aromatic N) is 1. The number of hydrogen-bond donors (Lipinski definition) is 1. The van der Waals surface area contributed by atoms with Crippen LogP contribution in [0.3, 0.4) is 0 Å². The average Bonchev–Trinajstić information content (AvgIpc) is 2.66. The Morgan fingerprint density at radius 2 is 2.04 bits per heavy atom. The normalized spacial score (nSPS) is 15.0. The fourth-order valence-corrected chi connectivity index (χ4v) is 3.35. The fourth-order valence-electron chi connectivity index (χ4n) is 3.35. The zero-order valence-corrected chi connectivity index (χ0v) is 15.0. The Morgan fingerprint density at radius 3 is 2.80 bits per heavy atom. The molecule has 130 valence electrons. The molecule has 0 saturated heterocycles. The second-order valence-electron chi connectivity index (χ2n) is 6.55. The number of carbonyl (C=O) groups excluding carboxylic acids is 1. The lowest BCUT2D eigenvalue weighted by Gasteiger charge is -2.31. The summed E-state index contributed by atoms with van der Waals surface area (Å²) >= 11 is 0. The van der Waals surface area contributed by atoms with Crippen LogP contribution in [0.5, 0.6) is 0 Å². The Balaban J connectivity index is 1.68. The van der Waals surface area contributed by atoms with Gasteiger partial charge in [-0.05, 0) is 55.5 Å². The molecule has 0 spiro atoms. The van der Waals surface area contributed by atoms with Crippen LogP contribution in [0.25, 0.3) is 6.08 Å². The Bertz CT molecular complexity index is 752. The van der Waals surface area contributed by atoms with E-state index in [9.17, 15) is 4.79 Å². The lowest BCUT2D eigenvalue weighted by molar-refractivity contribution is -0.117. The van der Waals surface area contributed by atoms with E-state index < -0.39 is 0 Å². The third kappa shape index (κ3) is 4.30. The average molecular weight is 334 g/mol. The Labute approximate surface area is 150 Å². The third-order valence-electron chi connectivity index (χ3n) is 4.79. The highest BCUT2D eigenvalue weighted by atomic mass is 16.1. The van der Waals surface area contributed by atoms with Crippen molar-refractivity contribution >= 4 is 17.7 Å². The first-order valence-corrected chi connectivity index (χ1v) is 9.08. The molecule has 1 heterocycles. The summed E-state index contributed by atoms with van der Waals surface area (Å²) in [5, 5.41) is 3.06. The van der Waals surface area contributed by atoms with Gasteiger partial charge < -0.3 is 10.2 Å². The lowest BCUT2D eigenvalue weighted by Crippen LogP contribution is -2.30. The predicted molar refractivity (Wildman–Crippen MR) is 105 cm³/mol. The standard InChI is InChI=1S/C22H26N2O/c1-3-24-15-7-10-19-12-13-20(16-21(19)24)17(2)23-22(25)14-11-18-8-5-4-6-9-18/h4-6,8-9,11-14,16-17H,3,7,10,15H2,1-2H3,(H,23,25). The maximum atomic E-state index is 12.2. The molecular formula is C22H26N2O. The smallest absolute Gasteiger partial charge is 0.244 e. The molecule has 0 aromatic heterocycles. The van der Waals surface area contributed by atoms with E-state index in [-0.39, 0.29) is 11.9 Å². The SMILES string of the molecule is CCN1CCCc2ccc(C(C)NC(=O)C=Cc3ccccc3)cc21. The maximum absolute atomic E-state index is 12.2. The molecule has 0 bridgehead atoms. The minimum absolute atomic E-state index is 0.0149. The van der Waals surface area contributed by atoms with E-state index >= 15 is 0 Å². The summed E-state index contributed by atoms with van der Waals surface area (Å²) in [5.74, 6) is -0.0681. The summed E-state index contributed by atoms with van der Waals surface area (Å²) in [5.41, 5.74) is 4.92. The van der Waals surface area contributed by atoms with Gasteiger partial charge in [-0.1, -0.05) is 42.5 Å². The van der Waals surface area contributed by atoms with Crippen LogP contribution in [-0.4, -0.2) is 19.0 Å². The van der Waals surface area contributed by atoms with Crippen molar-refractivity contribution < 1.29 is 4.79 Å². The monoisotopic (exact) mass is 334 g/mol. The van der Waals surface area contributed by atoms with Crippen LogP contribution in [0.2, 0.25) is 0 Å². The summed E-state index contributed by atoms with van der Waals surface area (Å²) in [6.45, 7) is 6.38. The van der Waals surface area contributed by atoms with Gasteiger partial charge in [0.2, 0.25) is 5.91 Å². The first kappa shape index (κ1) is 17.3. The topological polar surface area (TPSA) is 32.3 Å². The van der Waals surface area contributed by atoms with Gasteiger partial charge in [-0.15, -0.1) is 0 Å². The Morgan fingerprint density at radius 1 is 1.24 bits per heavy atom. The molecule has 0 aliphatic carbocycles. The van der Waals surface area contributed by atoms with Crippen molar-refractivity contribution in [1.29, 1.82) is 0 Å². The van der Waals surface area contributed by atoms with Crippen LogP contribution in [0.15, 0.2) is 54.6 Å². The van der Waals surface area contributed by atoms with E-state index in [1.807, 2.05) is 43.3 Å². The molecule has 2 aromatic carbocycles. The molecule has 1 amide bonds. The van der Waals surface area contributed by atoms with Crippen LogP contribution < -0.4 is 10.2 Å². The zero-order valence-electron chi connectivity index (χ0n) is 15.0. The van der Waals surface area contributed by atoms with Crippen LogP contribution >= 0.6 is 0 Å². The van der Waals surface area contributed by atoms with Gasteiger partial charge >= 0.3 is 0 Å². The summed E-state index contributed by atoms with van der Waals surface area (Å²) in [6, 6.07) is 16.4. The highest BCUT2D eigenvalue weighted by Crippen LogP contribution is 2.29. The molecule has 0 fully saturated rings. The minimum atomic E-state index is -0.0681. The second-order valence-corrected chi connectivity index (χ2v) is 6.55. The molecule has 0 radical (unpaired) electrons. The summed E-state index contributed by atoms with van der Waals surface area (Å²) in [6.07, 6.45) is 5.81. The van der Waals surface area contributed by atoms with Crippen molar-refractivity contribution in [3.63, 3.8) is 0 Å². The summed E-state index contributed by atoms with van der Waals surface area (Å²) in [4.78, 5) is 14.6. The van der Waals surface area contributed by atoms with Crippen LogP contribution in [0, 0.1) is 0 Å². The van der Waals surface area contributed by atoms with Gasteiger partial charge in [0.1, 0.15) is 0 Å². The molecule has 3 rings (SSSR count). The molecule has 1 N–H and O–H groups in total. The number of hydrogen-bond acceptors (Lipinski definition) is 2. The number of benzene rings is 2. The van der Waals surface area contributed by atoms with Crippen molar-refractivity contribution in [3.8, 4) is 0 Å². The minimum Gasteiger partial charge on any atom is -0.372 e. The van der Waals surface area contributed by atoms with Crippen LogP contribution in [-0.2, 0) is 11.2 Å². The number of fused-ring (bicyclic) bond motifs is 1. The molecule has 1 unspecified atom stereocenters. The van der Waals surface area contributed by atoms with Crippen molar-refractivity contribution in [2.75, 3.05) is 18.0 Å². The first-order chi connectivity index (χ1) is 12.2. The van der Waals surface area contributed by atoms with Gasteiger partial charge in [-0.25, -0.2) is 0 Å². The molecule has 2 aromatic rings. The van der Waals surface area contributed by atoms with Gasteiger partial charge in [0.15, 0.2) is 0 Å². The lowest BCUT2D eigenvalue weighted by atomic mass is 9.97. The molecule has 3 nitrogen and oxygen atoms in total. The van der Waals surface area contributed by atoms with Crippen molar-refractivity contribution in [1.82, 2.24) is 5.32 Å². The van der Waals surface area contributed by atoms with Gasteiger partial charge in [0.05, 0.1) is 6.04 Å². The van der Waals surface area contributed by atoms with E-state index in [0.29, 0.717) is 0 Å². The zero-order chi connectivity index (χ0) is 17.6. The van der Waals surface area contributed by atoms with E-state index in [1.54, 1.807) is 6.08 Å². The molecular weight excluding hydrogens is 308 g/mol. The highest BCUT2D eigenvalue weighted by molar-refractivity contribution is 5.92. The molecule has 1 aliphatic heterocycles. The van der Waals surface area contributed by atoms with Gasteiger partial charge in [-0.3, -0.25) is 4.79 Å². The molecule has 0 saturated carbocycles. The fraction of sp³-hybridized carbons (Fsp3) is 0.318. The number of rotatable bonds is 5. The van der Waals surface area contributed by atoms with Crippen molar-refractivity contribution in [2.24, 2.45) is 0 Å². The van der Waals surface area contributed by atoms with E-state index in [2.05, 4.69) is 35.3 Å². The highest BCUT2D eigenvalue weighted by Gasteiger charge is 2.17. The number of amides is 1. The largest absolute Gasteiger partial charge is 0.372 e. The van der Waals surface area contributed by atoms with Gasteiger partial charge in [0.25, 0.3) is 0 Å². The van der Waals surface area contributed by atoms with Gasteiger partial charge in [-0.2, -0.15) is 0 Å². The quantitative estimate of drug-likeness (QED) is 0.825. The Hall–Kier alpha value is -2.55. The maximum Gasteiger partial charge on any atom is 0.244 e. The van der Waals surface area contributed by atoms with Crippen molar-refractivity contribution in [3.05, 3.63) is 71.3 Å². The summed E-state index contributed by atoms with van der Waals surface area (Å²) in [7, 11) is 0. The molecule has 1 atom stereocenters. The second kappa shape index (κ2) is 8.02. The van der Waals surface area contributed by atoms with Crippen molar-refractivity contribution in [2.45, 2.75) is 32.7 Å². The first-order valence-electron chi connectivity index (χ1n) is 9.08. The summed E-state index contributed by atoms with van der Waals surface area (Å²) < 4.78 is 0. The van der Waals surface area contributed by atoms with E-state index in [4.69, 9.17) is 0 Å². The third-order valence-corrected chi connectivity index (χ3v) is 4.79. The number of aryl methyl sites for hydroxylation is 1. The number of carbonyl (C=O) groups is 1. The van der Waals surface area contributed by atoms with Gasteiger partial charge in [0, 0.05) is 24.9 Å². The molecule has 25 heavy (non-hydrogen) atoms. The van der Waals surface area contributed by atoms with Crippen LogP contribution in [0.4, 0.5) is 5.69 Å². The predicted octanol–water partition coefficient (Wildman–Crippen LogP) is 4.35.